The van der Waals surface area contributed by atoms with Crippen molar-refractivity contribution >= 4 is 24.5 Å². The topological polar surface area (TPSA) is 113 Å². The van der Waals surface area contributed by atoms with Crippen molar-refractivity contribution in [1.82, 2.24) is 23.9 Å². The monoisotopic (exact) mass is 397 g/mol. The van der Waals surface area contributed by atoms with E-state index in [-0.39, 0.29) is 30.7 Å². The van der Waals surface area contributed by atoms with Gasteiger partial charge in [0.25, 0.3) is 5.56 Å². The van der Waals surface area contributed by atoms with Crippen LogP contribution in [0.2, 0.25) is 0 Å². The maximum Gasteiger partial charge on any atom is 0.356 e. The van der Waals surface area contributed by atoms with Crippen molar-refractivity contribution in [1.29, 1.82) is 0 Å². The lowest BCUT2D eigenvalue weighted by atomic mass is 10.5. The molecule has 3 heterocycles. The largest absolute Gasteiger partial charge is 0.367 e. The number of fused-ring (bicyclic) bond motifs is 2. The van der Waals surface area contributed by atoms with E-state index in [1.807, 2.05) is 0 Å². The number of aromatic amines is 1. The smallest absolute Gasteiger partial charge is 0.356 e. The zero-order valence-corrected chi connectivity index (χ0v) is 16.7. The van der Waals surface area contributed by atoms with Gasteiger partial charge < -0.3 is 23.3 Å². The Morgan fingerprint density at radius 3 is 2.56 bits per heavy atom. The Kier molecular flexibility index (Phi) is 5.81. The molecule has 3 aromatic rings. The average Bonchev–Trinajstić information content (AvgIpc) is 3.17. The van der Waals surface area contributed by atoms with Gasteiger partial charge in [0.2, 0.25) is 5.78 Å². The molecule has 0 amide bonds. The zero-order chi connectivity index (χ0) is 19.6. The molecule has 1 N–H and O–H groups in total. The molecule has 0 saturated heterocycles. The minimum atomic E-state index is -3.34. The van der Waals surface area contributed by atoms with Gasteiger partial charge in [-0.1, -0.05) is 0 Å². The number of nitrogens with zero attached hydrogens (tertiary/aromatic N) is 4. The van der Waals surface area contributed by atoms with Crippen molar-refractivity contribution < 1.29 is 18.3 Å². The van der Waals surface area contributed by atoms with Crippen LogP contribution in [0.5, 0.6) is 0 Å². The maximum absolute atomic E-state index is 12.7. The van der Waals surface area contributed by atoms with Gasteiger partial charge in [-0.15, -0.1) is 0 Å². The first kappa shape index (κ1) is 19.8. The van der Waals surface area contributed by atoms with Gasteiger partial charge in [-0.25, -0.2) is 14.4 Å². The van der Waals surface area contributed by atoms with Crippen LogP contribution in [-0.2, 0) is 24.9 Å². The Balaban J connectivity index is 1.67. The molecule has 11 heteroatoms. The lowest BCUT2D eigenvalue weighted by Crippen LogP contribution is -2.15. The van der Waals surface area contributed by atoms with Gasteiger partial charge in [-0.2, -0.15) is 0 Å². The summed E-state index contributed by atoms with van der Waals surface area (Å²) >= 11 is 0. The molecule has 0 bridgehead atoms. The normalized spacial score (nSPS) is 12.8. The maximum atomic E-state index is 12.7. The fraction of sp³-hybridized carbons (Fsp3) is 0.562. The van der Waals surface area contributed by atoms with E-state index in [2.05, 4.69) is 15.0 Å². The van der Waals surface area contributed by atoms with Gasteiger partial charge in [-0.3, -0.25) is 9.36 Å². The van der Waals surface area contributed by atoms with E-state index in [1.165, 1.54) is 4.40 Å². The lowest BCUT2D eigenvalue weighted by molar-refractivity contribution is 0.0961. The summed E-state index contributed by atoms with van der Waals surface area (Å²) in [7, 11) is -3.34. The summed E-state index contributed by atoms with van der Waals surface area (Å²) < 4.78 is 32.3. The second-order valence-electron chi connectivity index (χ2n) is 6.64. The molecule has 0 fully saturated rings. The summed E-state index contributed by atoms with van der Waals surface area (Å²) in [5, 5.41) is 0. The van der Waals surface area contributed by atoms with Gasteiger partial charge in [0.15, 0.2) is 5.52 Å². The van der Waals surface area contributed by atoms with Crippen LogP contribution in [0.3, 0.4) is 0 Å². The highest BCUT2D eigenvalue weighted by Crippen LogP contribution is 2.50. The molecule has 3 aromatic heterocycles. The lowest BCUT2D eigenvalue weighted by Gasteiger charge is -2.22. The van der Waals surface area contributed by atoms with Crippen molar-refractivity contribution in [2.75, 3.05) is 13.0 Å². The molecule has 10 nitrogen and oxygen atoms in total. The summed E-state index contributed by atoms with van der Waals surface area (Å²) in [5.74, 6) is 0.440. The molecule has 0 unspecified atom stereocenters. The second kappa shape index (κ2) is 7.93. The SMILES string of the molecule is CC(C)OP(=O)(COCCn1cnc2c(=O)n3ccnc3[nH]c21)OC(C)C. The predicted molar refractivity (Wildman–Crippen MR) is 100.0 cm³/mol. The van der Waals surface area contributed by atoms with E-state index >= 15 is 0 Å². The Morgan fingerprint density at radius 2 is 1.89 bits per heavy atom. The second-order valence-corrected chi connectivity index (χ2v) is 8.54. The third-order valence-electron chi connectivity index (χ3n) is 3.60. The van der Waals surface area contributed by atoms with E-state index in [9.17, 15) is 9.36 Å². The van der Waals surface area contributed by atoms with Crippen LogP contribution in [0.1, 0.15) is 27.7 Å². The van der Waals surface area contributed by atoms with Crippen molar-refractivity contribution in [2.45, 2.75) is 46.4 Å². The molecular weight excluding hydrogens is 373 g/mol. The third-order valence-corrected chi connectivity index (χ3v) is 5.58. The van der Waals surface area contributed by atoms with Crippen LogP contribution in [0, 0.1) is 0 Å². The van der Waals surface area contributed by atoms with Gasteiger partial charge in [0, 0.05) is 18.9 Å². The van der Waals surface area contributed by atoms with Crippen LogP contribution in [0.15, 0.2) is 23.5 Å². The van der Waals surface area contributed by atoms with Crippen LogP contribution in [0.25, 0.3) is 16.9 Å². The van der Waals surface area contributed by atoms with E-state index < -0.39 is 7.60 Å². The number of ether oxygens (including phenoxy) is 1. The van der Waals surface area contributed by atoms with E-state index in [0.717, 1.165) is 0 Å². The molecule has 3 rings (SSSR count). The van der Waals surface area contributed by atoms with Crippen molar-refractivity contribution in [3.63, 3.8) is 0 Å². The quantitative estimate of drug-likeness (QED) is 0.436. The van der Waals surface area contributed by atoms with E-state index in [0.29, 0.717) is 23.5 Å². The van der Waals surface area contributed by atoms with Gasteiger partial charge in [0.1, 0.15) is 12.0 Å². The Bertz CT molecular complexity index is 1010. The Hall–Kier alpha value is -2.00. The molecule has 27 heavy (non-hydrogen) atoms. The number of H-pyrrole nitrogens is 1. The third kappa shape index (κ3) is 4.47. The Labute approximate surface area is 156 Å². The first-order chi connectivity index (χ1) is 12.8. The highest BCUT2D eigenvalue weighted by atomic mass is 31.2. The van der Waals surface area contributed by atoms with Crippen molar-refractivity contribution in [3.05, 3.63) is 29.1 Å². The molecule has 148 valence electrons. The van der Waals surface area contributed by atoms with Crippen LogP contribution in [-0.4, -0.2) is 49.1 Å². The number of aromatic nitrogens is 5. The highest BCUT2D eigenvalue weighted by molar-refractivity contribution is 7.53. The summed E-state index contributed by atoms with van der Waals surface area (Å²) in [6.07, 6.45) is 4.06. The highest BCUT2D eigenvalue weighted by Gasteiger charge is 2.28. The Morgan fingerprint density at radius 1 is 1.19 bits per heavy atom. The number of hydrogen-bond donors (Lipinski definition) is 1. The van der Waals surface area contributed by atoms with Gasteiger partial charge in [-0.05, 0) is 27.7 Å². The molecule has 0 saturated carbocycles. The van der Waals surface area contributed by atoms with E-state index in [1.54, 1.807) is 51.0 Å². The molecule has 0 aliphatic rings. The minimum Gasteiger partial charge on any atom is -0.367 e. The summed E-state index contributed by atoms with van der Waals surface area (Å²) in [6.45, 7) is 7.83. The zero-order valence-electron chi connectivity index (χ0n) is 15.8. The summed E-state index contributed by atoms with van der Waals surface area (Å²) in [4.78, 5) is 23.7. The molecule has 0 aliphatic heterocycles. The van der Waals surface area contributed by atoms with Gasteiger partial charge >= 0.3 is 7.60 Å². The minimum absolute atomic E-state index is 0.142. The standard InChI is InChI=1S/C16H24N5O5P/c1-11(2)25-27(23,26-12(3)4)10-24-8-7-20-9-18-13-14(20)19-16-17-5-6-21(16)15(13)22/h5-6,9,11-12H,7-8,10H2,1-4H3,(H,17,19). The average molecular weight is 397 g/mol. The molecule has 0 spiro atoms. The van der Waals surface area contributed by atoms with Gasteiger partial charge in [0.05, 0.1) is 25.1 Å². The molecule has 0 aliphatic carbocycles. The molecule has 0 aromatic carbocycles. The van der Waals surface area contributed by atoms with Crippen LogP contribution >= 0.6 is 7.60 Å². The number of imidazole rings is 2. The first-order valence-corrected chi connectivity index (χ1v) is 10.5. The van der Waals surface area contributed by atoms with Crippen molar-refractivity contribution in [3.8, 4) is 0 Å². The van der Waals surface area contributed by atoms with Crippen LogP contribution < -0.4 is 5.56 Å². The fourth-order valence-corrected chi connectivity index (χ4v) is 4.50. The molecule has 0 atom stereocenters. The number of hydrogen-bond acceptors (Lipinski definition) is 7. The van der Waals surface area contributed by atoms with Crippen LogP contribution in [0.4, 0.5) is 0 Å². The first-order valence-electron chi connectivity index (χ1n) is 8.73. The summed E-state index contributed by atoms with van der Waals surface area (Å²) in [5.41, 5.74) is 0.635. The predicted octanol–water partition coefficient (Wildman–Crippen LogP) is 2.39. The number of rotatable bonds is 9. The fourth-order valence-electron chi connectivity index (χ4n) is 2.69. The van der Waals surface area contributed by atoms with Crippen molar-refractivity contribution in [2.24, 2.45) is 0 Å². The summed E-state index contributed by atoms with van der Waals surface area (Å²) in [6, 6.07) is 0. The van der Waals surface area contributed by atoms with E-state index in [4.69, 9.17) is 13.8 Å². The molecular formula is C16H24N5O5P. The molecule has 0 radical (unpaired) electrons. The number of nitrogens with one attached hydrogen (secondary N) is 1.